The Morgan fingerprint density at radius 1 is 1.24 bits per heavy atom. The van der Waals surface area contributed by atoms with Crippen molar-refractivity contribution >= 4 is 0 Å². The zero-order chi connectivity index (χ0) is 12.3. The summed E-state index contributed by atoms with van der Waals surface area (Å²) in [6.07, 6.45) is 3.58. The van der Waals surface area contributed by atoms with Crippen molar-refractivity contribution in [3.63, 3.8) is 0 Å². The predicted molar refractivity (Wildman–Crippen MR) is 68.4 cm³/mol. The van der Waals surface area contributed by atoms with Crippen LogP contribution in [0.25, 0.3) is 5.69 Å². The lowest BCUT2D eigenvalue weighted by Crippen LogP contribution is -2.01. The molecule has 0 radical (unpaired) electrons. The molecule has 2 aromatic rings. The van der Waals surface area contributed by atoms with Crippen LogP contribution < -0.4 is 0 Å². The van der Waals surface area contributed by atoms with Crippen molar-refractivity contribution in [1.29, 1.82) is 0 Å². The zero-order valence-electron chi connectivity index (χ0n) is 10.3. The van der Waals surface area contributed by atoms with Crippen LogP contribution in [-0.4, -0.2) is 21.5 Å². The first-order valence-corrected chi connectivity index (χ1v) is 5.94. The van der Waals surface area contributed by atoms with E-state index in [1.807, 2.05) is 23.0 Å². The van der Waals surface area contributed by atoms with Gasteiger partial charge in [0.15, 0.2) is 0 Å². The number of benzene rings is 1. The lowest BCUT2D eigenvalue weighted by atomic mass is 10.1. The van der Waals surface area contributed by atoms with Crippen LogP contribution in [0.4, 0.5) is 0 Å². The topological polar surface area (TPSA) is 38.0 Å². The van der Waals surface area contributed by atoms with Crippen LogP contribution >= 0.6 is 0 Å². The van der Waals surface area contributed by atoms with Crippen LogP contribution in [-0.2, 0) is 6.42 Å². The van der Waals surface area contributed by atoms with Crippen LogP contribution in [0.3, 0.4) is 0 Å². The first kappa shape index (κ1) is 11.9. The third-order valence-electron chi connectivity index (χ3n) is 3.06. The van der Waals surface area contributed by atoms with Crippen molar-refractivity contribution < 1.29 is 5.11 Å². The van der Waals surface area contributed by atoms with Gasteiger partial charge in [-0.25, -0.2) is 4.68 Å². The summed E-state index contributed by atoms with van der Waals surface area (Å²) >= 11 is 0. The van der Waals surface area contributed by atoms with Gasteiger partial charge in [0.25, 0.3) is 0 Å². The average molecular weight is 230 g/mol. The number of aliphatic hydroxyl groups excluding tert-OH is 1. The largest absolute Gasteiger partial charge is 0.396 e. The number of nitrogens with zero attached hydrogens (tertiary/aromatic N) is 2. The van der Waals surface area contributed by atoms with E-state index < -0.39 is 0 Å². The maximum Gasteiger partial charge on any atom is 0.0677 e. The standard InChI is InChI=1S/C14H18N2O/c1-11-6-3-4-8-14(11)16-12(2)13(10-15-16)7-5-9-17/h3-4,6,8,10,17H,5,7,9H2,1-2H3. The highest BCUT2D eigenvalue weighted by Gasteiger charge is 2.08. The van der Waals surface area contributed by atoms with Gasteiger partial charge in [0.05, 0.1) is 11.9 Å². The highest BCUT2D eigenvalue weighted by Crippen LogP contribution is 2.18. The Balaban J connectivity index is 2.34. The molecule has 0 saturated carbocycles. The fraction of sp³-hybridized carbons (Fsp3) is 0.357. The third-order valence-corrected chi connectivity index (χ3v) is 3.06. The highest BCUT2D eigenvalue weighted by atomic mass is 16.2. The molecule has 1 N–H and O–H groups in total. The molecule has 0 aliphatic heterocycles. The smallest absolute Gasteiger partial charge is 0.0677 e. The molecule has 1 aromatic carbocycles. The van der Waals surface area contributed by atoms with E-state index in [0.717, 1.165) is 24.2 Å². The molecule has 0 aliphatic rings. The van der Waals surface area contributed by atoms with Gasteiger partial charge in [-0.05, 0) is 43.9 Å². The normalized spacial score (nSPS) is 10.8. The molecule has 0 unspecified atom stereocenters. The number of aromatic nitrogens is 2. The molecule has 0 atom stereocenters. The van der Waals surface area contributed by atoms with Gasteiger partial charge in [0.2, 0.25) is 0 Å². The number of hydrogen-bond donors (Lipinski definition) is 1. The Morgan fingerprint density at radius 2 is 2.00 bits per heavy atom. The molecule has 0 bridgehead atoms. The van der Waals surface area contributed by atoms with Gasteiger partial charge in [-0.3, -0.25) is 0 Å². The van der Waals surface area contributed by atoms with Gasteiger partial charge in [-0.15, -0.1) is 0 Å². The average Bonchev–Trinajstić information content (AvgIpc) is 2.69. The molecule has 17 heavy (non-hydrogen) atoms. The minimum atomic E-state index is 0.231. The van der Waals surface area contributed by atoms with Gasteiger partial charge in [-0.1, -0.05) is 18.2 Å². The SMILES string of the molecule is Cc1ccccc1-n1ncc(CCCO)c1C. The van der Waals surface area contributed by atoms with Gasteiger partial charge >= 0.3 is 0 Å². The fourth-order valence-electron chi connectivity index (χ4n) is 2.00. The molecule has 0 amide bonds. The van der Waals surface area contributed by atoms with Gasteiger partial charge in [0, 0.05) is 12.3 Å². The van der Waals surface area contributed by atoms with Gasteiger partial charge in [0.1, 0.15) is 0 Å². The molecule has 0 saturated heterocycles. The Hall–Kier alpha value is -1.61. The van der Waals surface area contributed by atoms with Crippen molar-refractivity contribution in [2.45, 2.75) is 26.7 Å². The summed E-state index contributed by atoms with van der Waals surface area (Å²) in [5, 5.41) is 13.3. The zero-order valence-corrected chi connectivity index (χ0v) is 10.3. The number of aryl methyl sites for hydroxylation is 2. The number of rotatable bonds is 4. The molecule has 1 aromatic heterocycles. The summed E-state index contributed by atoms with van der Waals surface area (Å²) in [4.78, 5) is 0. The maximum atomic E-state index is 8.86. The molecule has 0 spiro atoms. The monoisotopic (exact) mass is 230 g/mol. The summed E-state index contributed by atoms with van der Waals surface area (Å²) in [7, 11) is 0. The lowest BCUT2D eigenvalue weighted by Gasteiger charge is -2.08. The van der Waals surface area contributed by atoms with Crippen LogP contribution in [0.5, 0.6) is 0 Å². The first-order chi connectivity index (χ1) is 8.24. The van der Waals surface area contributed by atoms with E-state index in [1.54, 1.807) is 0 Å². The van der Waals surface area contributed by atoms with Crippen molar-refractivity contribution in [1.82, 2.24) is 9.78 Å². The van der Waals surface area contributed by atoms with E-state index in [4.69, 9.17) is 5.11 Å². The van der Waals surface area contributed by atoms with Gasteiger partial charge < -0.3 is 5.11 Å². The minimum absolute atomic E-state index is 0.231. The van der Waals surface area contributed by atoms with Crippen molar-refractivity contribution in [3.8, 4) is 5.69 Å². The van der Waals surface area contributed by atoms with Crippen molar-refractivity contribution in [2.75, 3.05) is 6.61 Å². The number of hydrogen-bond acceptors (Lipinski definition) is 2. The number of para-hydroxylation sites is 1. The van der Waals surface area contributed by atoms with E-state index in [2.05, 4.69) is 31.1 Å². The predicted octanol–water partition coefficient (Wildman–Crippen LogP) is 2.41. The second-order valence-corrected chi connectivity index (χ2v) is 4.28. The second-order valence-electron chi connectivity index (χ2n) is 4.28. The summed E-state index contributed by atoms with van der Waals surface area (Å²) in [6, 6.07) is 8.22. The summed E-state index contributed by atoms with van der Waals surface area (Å²) < 4.78 is 1.97. The molecular weight excluding hydrogens is 212 g/mol. The molecule has 2 rings (SSSR count). The molecule has 0 fully saturated rings. The van der Waals surface area contributed by atoms with E-state index in [9.17, 15) is 0 Å². The lowest BCUT2D eigenvalue weighted by molar-refractivity contribution is 0.288. The molecular formula is C14H18N2O. The molecule has 90 valence electrons. The fourth-order valence-corrected chi connectivity index (χ4v) is 2.00. The quantitative estimate of drug-likeness (QED) is 0.876. The minimum Gasteiger partial charge on any atom is -0.396 e. The Labute approximate surface area is 102 Å². The number of aliphatic hydroxyl groups is 1. The molecule has 0 aliphatic carbocycles. The van der Waals surface area contributed by atoms with E-state index in [0.29, 0.717) is 0 Å². The third kappa shape index (κ3) is 2.39. The van der Waals surface area contributed by atoms with Crippen LogP contribution in [0.1, 0.15) is 23.2 Å². The van der Waals surface area contributed by atoms with E-state index in [1.165, 1.54) is 11.1 Å². The summed E-state index contributed by atoms with van der Waals surface area (Å²) in [5.74, 6) is 0. The Morgan fingerprint density at radius 3 is 2.71 bits per heavy atom. The highest BCUT2D eigenvalue weighted by molar-refractivity contribution is 5.41. The van der Waals surface area contributed by atoms with E-state index in [-0.39, 0.29) is 6.61 Å². The van der Waals surface area contributed by atoms with Crippen LogP contribution in [0.15, 0.2) is 30.5 Å². The van der Waals surface area contributed by atoms with Crippen LogP contribution in [0.2, 0.25) is 0 Å². The Bertz CT molecular complexity index is 503. The van der Waals surface area contributed by atoms with E-state index >= 15 is 0 Å². The van der Waals surface area contributed by atoms with Gasteiger partial charge in [-0.2, -0.15) is 5.10 Å². The second kappa shape index (κ2) is 5.15. The first-order valence-electron chi connectivity index (χ1n) is 5.94. The molecule has 3 nitrogen and oxygen atoms in total. The Kier molecular flexibility index (Phi) is 3.59. The van der Waals surface area contributed by atoms with Crippen molar-refractivity contribution in [2.24, 2.45) is 0 Å². The van der Waals surface area contributed by atoms with Crippen LogP contribution in [0, 0.1) is 13.8 Å². The molecule has 3 heteroatoms. The maximum absolute atomic E-state index is 8.86. The molecule has 1 heterocycles. The summed E-state index contributed by atoms with van der Waals surface area (Å²) in [5.41, 5.74) is 4.71. The van der Waals surface area contributed by atoms with Crippen molar-refractivity contribution in [3.05, 3.63) is 47.3 Å². The summed E-state index contributed by atoms with van der Waals surface area (Å²) in [6.45, 7) is 4.39.